The van der Waals surface area contributed by atoms with Gasteiger partial charge in [-0.05, 0) is 49.4 Å². The summed E-state index contributed by atoms with van der Waals surface area (Å²) in [5, 5.41) is 0. The molecule has 0 bridgehead atoms. The number of benzene rings is 1. The molecule has 1 aromatic rings. The van der Waals surface area contributed by atoms with Gasteiger partial charge in [-0.15, -0.1) is 0 Å². The van der Waals surface area contributed by atoms with Crippen molar-refractivity contribution in [1.82, 2.24) is 0 Å². The van der Waals surface area contributed by atoms with Gasteiger partial charge in [0.2, 0.25) is 0 Å². The number of sulfone groups is 1. The number of halogens is 1. The second kappa shape index (κ2) is 7.14. The highest BCUT2D eigenvalue weighted by molar-refractivity contribution is 9.09. The maximum atomic E-state index is 12.0. The first-order valence-corrected chi connectivity index (χ1v) is 10.2. The lowest BCUT2D eigenvalue weighted by atomic mass is 9.94. The Kier molecular flexibility index (Phi) is 5.72. The summed E-state index contributed by atoms with van der Waals surface area (Å²) in [5.41, 5.74) is 1.13. The third kappa shape index (κ3) is 4.22. The first kappa shape index (κ1) is 16.8. The summed E-state index contributed by atoms with van der Waals surface area (Å²) in [7, 11) is -3.10. The smallest absolute Gasteiger partial charge is 0.178 e. The third-order valence-electron chi connectivity index (χ3n) is 4.22. The minimum atomic E-state index is -3.10. The average molecular weight is 374 g/mol. The number of anilines is 1. The summed E-state index contributed by atoms with van der Waals surface area (Å²) in [6, 6.07) is 7.39. The minimum absolute atomic E-state index is 0.223. The van der Waals surface area contributed by atoms with Gasteiger partial charge in [-0.25, -0.2) is 8.42 Å². The van der Waals surface area contributed by atoms with Gasteiger partial charge in [0.1, 0.15) is 0 Å². The molecule has 1 aliphatic heterocycles. The number of rotatable bonds is 5. The van der Waals surface area contributed by atoms with Gasteiger partial charge < -0.3 is 4.90 Å². The second-order valence-corrected chi connectivity index (χ2v) is 9.37. The Hall–Kier alpha value is -0.550. The van der Waals surface area contributed by atoms with Crippen LogP contribution in [0.15, 0.2) is 29.2 Å². The summed E-state index contributed by atoms with van der Waals surface area (Å²) in [4.78, 5) is 3.36. The molecule has 118 valence electrons. The molecular weight excluding hydrogens is 350 g/mol. The maximum absolute atomic E-state index is 12.0. The van der Waals surface area contributed by atoms with Crippen LogP contribution in [0.2, 0.25) is 0 Å². The van der Waals surface area contributed by atoms with Crippen LogP contribution in [-0.4, -0.2) is 32.1 Å². The predicted octanol–water partition coefficient (Wildman–Crippen LogP) is 3.87. The van der Waals surface area contributed by atoms with Crippen LogP contribution in [0.1, 0.15) is 33.1 Å². The molecule has 0 amide bonds. The molecule has 1 atom stereocenters. The molecule has 0 aliphatic carbocycles. The van der Waals surface area contributed by atoms with Crippen LogP contribution in [0, 0.1) is 5.92 Å². The third-order valence-corrected chi connectivity index (χ3v) is 6.91. The van der Waals surface area contributed by atoms with E-state index in [1.165, 1.54) is 12.8 Å². The van der Waals surface area contributed by atoms with Crippen molar-refractivity contribution in [2.24, 2.45) is 5.92 Å². The lowest BCUT2D eigenvalue weighted by Gasteiger charge is -2.34. The molecule has 0 saturated carbocycles. The van der Waals surface area contributed by atoms with Crippen molar-refractivity contribution in [2.45, 2.75) is 42.8 Å². The molecule has 0 spiro atoms. The van der Waals surface area contributed by atoms with E-state index in [1.807, 2.05) is 19.1 Å². The fourth-order valence-corrected chi connectivity index (χ4v) is 4.72. The number of alkyl halides is 1. The Balaban J connectivity index is 2.04. The van der Waals surface area contributed by atoms with E-state index in [4.69, 9.17) is 0 Å². The van der Waals surface area contributed by atoms with Crippen LogP contribution < -0.4 is 4.90 Å². The summed E-state index contributed by atoms with van der Waals surface area (Å²) in [6.07, 6.45) is 3.02. The van der Waals surface area contributed by atoms with Gasteiger partial charge >= 0.3 is 0 Å². The van der Waals surface area contributed by atoms with Crippen LogP contribution in [0.3, 0.4) is 0 Å². The second-order valence-electron chi connectivity index (χ2n) is 5.81. The van der Waals surface area contributed by atoms with Crippen molar-refractivity contribution >= 4 is 31.5 Å². The normalized spacial score (nSPS) is 18.7. The Bertz CT molecular complexity index is 546. The highest BCUT2D eigenvalue weighted by Gasteiger charge is 2.22. The molecule has 5 heteroatoms. The molecule has 0 N–H and O–H groups in total. The van der Waals surface area contributed by atoms with Crippen molar-refractivity contribution in [1.29, 1.82) is 0 Å². The van der Waals surface area contributed by atoms with E-state index in [2.05, 4.69) is 27.8 Å². The van der Waals surface area contributed by atoms with E-state index in [-0.39, 0.29) is 5.75 Å². The first-order valence-electron chi connectivity index (χ1n) is 7.66. The fraction of sp³-hybridized carbons (Fsp3) is 0.625. The number of hydrogen-bond acceptors (Lipinski definition) is 3. The monoisotopic (exact) mass is 373 g/mol. The van der Waals surface area contributed by atoms with Crippen molar-refractivity contribution in [3.63, 3.8) is 0 Å². The quantitative estimate of drug-likeness (QED) is 0.735. The van der Waals surface area contributed by atoms with Gasteiger partial charge in [0.25, 0.3) is 0 Å². The number of piperidine rings is 1. The van der Waals surface area contributed by atoms with E-state index >= 15 is 0 Å². The van der Waals surface area contributed by atoms with Gasteiger partial charge in [-0.3, -0.25) is 0 Å². The van der Waals surface area contributed by atoms with E-state index in [9.17, 15) is 8.42 Å². The minimum Gasteiger partial charge on any atom is -0.372 e. The lowest BCUT2D eigenvalue weighted by molar-refractivity contribution is 0.407. The van der Waals surface area contributed by atoms with E-state index < -0.39 is 9.84 Å². The van der Waals surface area contributed by atoms with E-state index in [0.717, 1.165) is 24.7 Å². The molecule has 1 aromatic carbocycles. The van der Waals surface area contributed by atoms with E-state index in [0.29, 0.717) is 16.1 Å². The molecule has 2 rings (SSSR count). The van der Waals surface area contributed by atoms with Crippen LogP contribution in [-0.2, 0) is 9.84 Å². The Morgan fingerprint density at radius 1 is 1.24 bits per heavy atom. The highest BCUT2D eigenvalue weighted by Crippen LogP contribution is 2.28. The predicted molar refractivity (Wildman–Crippen MR) is 92.1 cm³/mol. The van der Waals surface area contributed by atoms with Gasteiger partial charge in [-0.1, -0.05) is 29.8 Å². The molecular formula is C16H24BrNO2S. The summed E-state index contributed by atoms with van der Waals surface area (Å²) in [5.74, 6) is 0.964. The SMILES string of the molecule is CCCS(=O)(=O)c1ccc(N2CCC(C(C)Br)CC2)cc1. The topological polar surface area (TPSA) is 37.4 Å². The molecule has 1 unspecified atom stereocenters. The van der Waals surface area contributed by atoms with Crippen LogP contribution in [0.5, 0.6) is 0 Å². The molecule has 0 aromatic heterocycles. The van der Waals surface area contributed by atoms with Crippen molar-refractivity contribution in [2.75, 3.05) is 23.7 Å². The van der Waals surface area contributed by atoms with Gasteiger partial charge in [-0.2, -0.15) is 0 Å². The zero-order valence-corrected chi connectivity index (χ0v) is 15.2. The molecule has 1 heterocycles. The first-order chi connectivity index (χ1) is 9.94. The standard InChI is InChI=1S/C16H24BrNO2S/c1-3-12-21(19,20)16-6-4-15(5-7-16)18-10-8-14(9-11-18)13(2)17/h4-7,13-14H,3,8-12H2,1-2H3. The fourth-order valence-electron chi connectivity index (χ4n) is 2.87. The van der Waals surface area contributed by atoms with Crippen LogP contribution >= 0.6 is 15.9 Å². The number of hydrogen-bond donors (Lipinski definition) is 0. The Labute approximate surface area is 136 Å². The largest absolute Gasteiger partial charge is 0.372 e. The van der Waals surface area contributed by atoms with Crippen LogP contribution in [0.25, 0.3) is 0 Å². The molecule has 21 heavy (non-hydrogen) atoms. The summed E-state index contributed by atoms with van der Waals surface area (Å²) in [6.45, 7) is 6.19. The molecule has 1 saturated heterocycles. The Morgan fingerprint density at radius 2 is 1.81 bits per heavy atom. The number of nitrogens with zero attached hydrogens (tertiary/aromatic N) is 1. The zero-order chi connectivity index (χ0) is 15.5. The maximum Gasteiger partial charge on any atom is 0.178 e. The zero-order valence-electron chi connectivity index (χ0n) is 12.8. The summed E-state index contributed by atoms with van der Waals surface area (Å²) >= 11 is 3.67. The van der Waals surface area contributed by atoms with Gasteiger partial charge in [0, 0.05) is 23.6 Å². The van der Waals surface area contributed by atoms with Crippen molar-refractivity contribution in [3.05, 3.63) is 24.3 Å². The Morgan fingerprint density at radius 3 is 2.29 bits per heavy atom. The van der Waals surface area contributed by atoms with Crippen molar-refractivity contribution < 1.29 is 8.42 Å². The average Bonchev–Trinajstić information content (AvgIpc) is 2.47. The molecule has 3 nitrogen and oxygen atoms in total. The summed E-state index contributed by atoms with van der Waals surface area (Å²) < 4.78 is 24.0. The van der Waals surface area contributed by atoms with Crippen LogP contribution in [0.4, 0.5) is 5.69 Å². The van der Waals surface area contributed by atoms with Gasteiger partial charge in [0.05, 0.1) is 10.6 Å². The molecule has 0 radical (unpaired) electrons. The molecule has 1 fully saturated rings. The lowest BCUT2D eigenvalue weighted by Crippen LogP contribution is -2.35. The van der Waals surface area contributed by atoms with E-state index in [1.54, 1.807) is 12.1 Å². The highest BCUT2D eigenvalue weighted by atomic mass is 79.9. The van der Waals surface area contributed by atoms with Crippen molar-refractivity contribution in [3.8, 4) is 0 Å². The van der Waals surface area contributed by atoms with Gasteiger partial charge in [0.15, 0.2) is 9.84 Å². The molecule has 1 aliphatic rings.